The van der Waals surface area contributed by atoms with E-state index in [1.54, 1.807) is 0 Å². The van der Waals surface area contributed by atoms with E-state index in [0.717, 1.165) is 17.4 Å². The molecule has 1 aliphatic rings. The van der Waals surface area contributed by atoms with E-state index in [2.05, 4.69) is 38.2 Å². The summed E-state index contributed by atoms with van der Waals surface area (Å²) in [6.07, 6.45) is 2.56. The van der Waals surface area contributed by atoms with E-state index < -0.39 is 0 Å². The van der Waals surface area contributed by atoms with Crippen LogP contribution in [0.5, 0.6) is 0 Å². The molecular weight excluding hydrogens is 224 g/mol. The summed E-state index contributed by atoms with van der Waals surface area (Å²) < 4.78 is 5.26. The van der Waals surface area contributed by atoms with Crippen LogP contribution in [0.2, 0.25) is 0 Å². The van der Waals surface area contributed by atoms with Gasteiger partial charge >= 0.3 is 0 Å². The lowest BCUT2D eigenvalue weighted by molar-refractivity contribution is 0.354. The maximum absolute atomic E-state index is 5.26. The Morgan fingerprint density at radius 1 is 1.33 bits per heavy atom. The molecule has 3 nitrogen and oxygen atoms in total. The largest absolute Gasteiger partial charge is 0.361 e. The number of nitrogens with one attached hydrogen (secondary N) is 1. The zero-order chi connectivity index (χ0) is 13.5. The van der Waals surface area contributed by atoms with Crippen LogP contribution in [0.25, 0.3) is 0 Å². The molecule has 1 heterocycles. The van der Waals surface area contributed by atoms with Gasteiger partial charge in [-0.3, -0.25) is 0 Å². The molecule has 1 aromatic heterocycles. The fourth-order valence-corrected chi connectivity index (χ4v) is 3.63. The number of nitrogens with zero attached hydrogens (tertiary/aromatic N) is 1. The van der Waals surface area contributed by atoms with Gasteiger partial charge in [0, 0.05) is 17.6 Å². The van der Waals surface area contributed by atoms with Gasteiger partial charge in [0.05, 0.1) is 5.69 Å². The number of aryl methyl sites for hydroxylation is 2. The standard InChI is InChI=1S/C15H26N2O/c1-9-7-15(5,6)8-13(9)16-10(2)14-11(3)17-18-12(14)4/h9-10,13,16H,7-8H2,1-6H3. The van der Waals surface area contributed by atoms with E-state index in [4.69, 9.17) is 4.52 Å². The first-order chi connectivity index (χ1) is 8.30. The van der Waals surface area contributed by atoms with Crippen LogP contribution in [-0.4, -0.2) is 11.2 Å². The highest BCUT2D eigenvalue weighted by Gasteiger charge is 2.37. The van der Waals surface area contributed by atoms with Crippen molar-refractivity contribution in [2.24, 2.45) is 11.3 Å². The molecule has 1 fully saturated rings. The summed E-state index contributed by atoms with van der Waals surface area (Å²) in [4.78, 5) is 0. The first-order valence-electron chi connectivity index (χ1n) is 6.99. The minimum absolute atomic E-state index is 0.317. The van der Waals surface area contributed by atoms with Crippen molar-refractivity contribution in [3.63, 3.8) is 0 Å². The van der Waals surface area contributed by atoms with Crippen LogP contribution >= 0.6 is 0 Å². The second kappa shape index (κ2) is 4.69. The van der Waals surface area contributed by atoms with Crippen molar-refractivity contribution in [2.75, 3.05) is 0 Å². The SMILES string of the molecule is Cc1noc(C)c1C(C)NC1CC(C)(C)CC1C. The second-order valence-electron chi connectivity index (χ2n) is 6.78. The van der Waals surface area contributed by atoms with Gasteiger partial charge in [-0.25, -0.2) is 0 Å². The van der Waals surface area contributed by atoms with Crippen molar-refractivity contribution in [3.8, 4) is 0 Å². The molecule has 18 heavy (non-hydrogen) atoms. The molecule has 3 unspecified atom stereocenters. The molecule has 102 valence electrons. The predicted molar refractivity (Wildman–Crippen MR) is 73.5 cm³/mol. The van der Waals surface area contributed by atoms with Crippen molar-refractivity contribution in [2.45, 2.75) is 66.5 Å². The highest BCUT2D eigenvalue weighted by atomic mass is 16.5. The van der Waals surface area contributed by atoms with Crippen LogP contribution in [-0.2, 0) is 0 Å². The van der Waals surface area contributed by atoms with Gasteiger partial charge in [0.1, 0.15) is 5.76 Å². The molecule has 0 bridgehead atoms. The molecule has 1 saturated carbocycles. The first kappa shape index (κ1) is 13.6. The average Bonchev–Trinajstić information content (AvgIpc) is 2.67. The normalized spacial score (nSPS) is 28.6. The Morgan fingerprint density at radius 2 is 2.00 bits per heavy atom. The molecule has 2 rings (SSSR count). The van der Waals surface area contributed by atoms with Gasteiger partial charge in [0.25, 0.3) is 0 Å². The first-order valence-corrected chi connectivity index (χ1v) is 6.99. The van der Waals surface area contributed by atoms with Crippen LogP contribution in [0, 0.1) is 25.2 Å². The van der Waals surface area contributed by atoms with Crippen LogP contribution in [0.15, 0.2) is 4.52 Å². The van der Waals surface area contributed by atoms with Crippen molar-refractivity contribution >= 4 is 0 Å². The monoisotopic (exact) mass is 250 g/mol. The zero-order valence-electron chi connectivity index (χ0n) is 12.5. The molecule has 0 aliphatic heterocycles. The molecule has 1 aromatic rings. The maximum atomic E-state index is 5.26. The molecule has 0 spiro atoms. The third-order valence-corrected chi connectivity index (χ3v) is 4.32. The summed E-state index contributed by atoms with van der Waals surface area (Å²) in [5.41, 5.74) is 2.71. The van der Waals surface area contributed by atoms with Crippen LogP contribution in [0.4, 0.5) is 0 Å². The number of hydrogen-bond acceptors (Lipinski definition) is 3. The lowest BCUT2D eigenvalue weighted by Crippen LogP contribution is -2.34. The van der Waals surface area contributed by atoms with Crippen molar-refractivity contribution in [1.29, 1.82) is 0 Å². The quantitative estimate of drug-likeness (QED) is 0.887. The van der Waals surface area contributed by atoms with Crippen molar-refractivity contribution in [3.05, 3.63) is 17.0 Å². The van der Waals surface area contributed by atoms with E-state index in [1.807, 2.05) is 13.8 Å². The minimum atomic E-state index is 0.317. The molecule has 1 N–H and O–H groups in total. The van der Waals surface area contributed by atoms with Gasteiger partial charge < -0.3 is 9.84 Å². The van der Waals surface area contributed by atoms with E-state index in [-0.39, 0.29) is 0 Å². The van der Waals surface area contributed by atoms with E-state index in [1.165, 1.54) is 18.4 Å². The van der Waals surface area contributed by atoms with Gasteiger partial charge in [-0.15, -0.1) is 0 Å². The van der Waals surface area contributed by atoms with E-state index in [0.29, 0.717) is 17.5 Å². The Hall–Kier alpha value is -0.830. The fraction of sp³-hybridized carbons (Fsp3) is 0.800. The molecule has 0 saturated heterocycles. The summed E-state index contributed by atoms with van der Waals surface area (Å²) in [5.74, 6) is 1.68. The van der Waals surface area contributed by atoms with Crippen molar-refractivity contribution < 1.29 is 4.52 Å². The summed E-state index contributed by atoms with van der Waals surface area (Å²) in [6.45, 7) is 13.3. The maximum Gasteiger partial charge on any atom is 0.138 e. The number of aromatic nitrogens is 1. The molecule has 1 aliphatic carbocycles. The van der Waals surface area contributed by atoms with Crippen LogP contribution < -0.4 is 5.32 Å². The highest BCUT2D eigenvalue weighted by Crippen LogP contribution is 2.41. The van der Waals surface area contributed by atoms with Gasteiger partial charge in [0.15, 0.2) is 0 Å². The molecule has 0 aromatic carbocycles. The van der Waals surface area contributed by atoms with Gasteiger partial charge in [-0.05, 0) is 44.9 Å². The number of hydrogen-bond donors (Lipinski definition) is 1. The lowest BCUT2D eigenvalue weighted by Gasteiger charge is -2.23. The molecule has 0 radical (unpaired) electrons. The van der Waals surface area contributed by atoms with E-state index in [9.17, 15) is 0 Å². The predicted octanol–water partition coefficient (Wildman–Crippen LogP) is 3.77. The summed E-state index contributed by atoms with van der Waals surface area (Å²) in [6, 6.07) is 0.918. The Morgan fingerprint density at radius 3 is 2.44 bits per heavy atom. The molecule has 0 amide bonds. The Bertz CT molecular complexity index is 403. The third kappa shape index (κ3) is 2.61. The minimum Gasteiger partial charge on any atom is -0.361 e. The lowest BCUT2D eigenvalue weighted by atomic mass is 9.91. The molecular formula is C15H26N2O. The Labute approximate surface area is 110 Å². The highest BCUT2D eigenvalue weighted by molar-refractivity contribution is 5.24. The Kier molecular flexibility index (Phi) is 3.54. The molecule has 3 atom stereocenters. The van der Waals surface area contributed by atoms with Gasteiger partial charge in [0.2, 0.25) is 0 Å². The smallest absolute Gasteiger partial charge is 0.138 e. The summed E-state index contributed by atoms with van der Waals surface area (Å²) in [7, 11) is 0. The van der Waals surface area contributed by atoms with Crippen molar-refractivity contribution in [1.82, 2.24) is 10.5 Å². The van der Waals surface area contributed by atoms with Gasteiger partial charge in [-0.2, -0.15) is 0 Å². The topological polar surface area (TPSA) is 38.1 Å². The summed E-state index contributed by atoms with van der Waals surface area (Å²) in [5, 5.41) is 7.81. The summed E-state index contributed by atoms with van der Waals surface area (Å²) >= 11 is 0. The van der Waals surface area contributed by atoms with Crippen LogP contribution in [0.3, 0.4) is 0 Å². The van der Waals surface area contributed by atoms with E-state index >= 15 is 0 Å². The fourth-order valence-electron chi connectivity index (χ4n) is 3.63. The van der Waals surface area contributed by atoms with Crippen LogP contribution in [0.1, 0.15) is 63.6 Å². The third-order valence-electron chi connectivity index (χ3n) is 4.32. The Balaban J connectivity index is 2.07. The zero-order valence-corrected chi connectivity index (χ0v) is 12.5. The average molecular weight is 250 g/mol. The van der Waals surface area contributed by atoms with Gasteiger partial charge in [-0.1, -0.05) is 25.9 Å². The second-order valence-corrected chi connectivity index (χ2v) is 6.78. The number of rotatable bonds is 3. The molecule has 3 heteroatoms.